The molecule has 2 rings (SSSR count). The highest BCUT2D eigenvalue weighted by molar-refractivity contribution is 5.85. The van der Waals surface area contributed by atoms with E-state index in [4.69, 9.17) is 5.73 Å². The average molecular weight is 186 g/mol. The van der Waals surface area contributed by atoms with E-state index in [0.29, 0.717) is 0 Å². The summed E-state index contributed by atoms with van der Waals surface area (Å²) in [6.07, 6.45) is -0.0962. The maximum absolute atomic E-state index is 5.95. The molecule has 2 nitrogen and oxygen atoms in total. The Morgan fingerprint density at radius 1 is 1.07 bits per heavy atom. The second kappa shape index (κ2) is 3.78. The van der Waals surface area contributed by atoms with Gasteiger partial charge in [0.15, 0.2) is 0 Å². The van der Waals surface area contributed by atoms with Crippen molar-refractivity contribution in [1.29, 1.82) is 0 Å². The maximum atomic E-state index is 5.95. The normalized spacial score (nSPS) is 13.0. The van der Waals surface area contributed by atoms with Crippen molar-refractivity contribution in [3.05, 3.63) is 48.0 Å². The van der Waals surface area contributed by atoms with Crippen molar-refractivity contribution >= 4 is 10.8 Å². The van der Waals surface area contributed by atoms with Gasteiger partial charge in [0, 0.05) is 0 Å². The molecule has 2 aromatic rings. The molecular weight excluding hydrogens is 172 g/mol. The van der Waals surface area contributed by atoms with Gasteiger partial charge in [0.2, 0.25) is 0 Å². The Hall–Kier alpha value is -1.38. The topological polar surface area (TPSA) is 38.0 Å². The fourth-order valence-electron chi connectivity index (χ4n) is 1.68. The molecule has 0 amide bonds. The molecule has 0 bridgehead atoms. The third-order valence-electron chi connectivity index (χ3n) is 2.47. The van der Waals surface area contributed by atoms with E-state index in [9.17, 15) is 0 Å². The van der Waals surface area contributed by atoms with Gasteiger partial charge < -0.3 is 11.1 Å². The first-order chi connectivity index (χ1) is 6.83. The minimum absolute atomic E-state index is 0.0962. The molecule has 14 heavy (non-hydrogen) atoms. The van der Waals surface area contributed by atoms with E-state index in [0.717, 1.165) is 5.56 Å². The molecule has 0 aliphatic heterocycles. The van der Waals surface area contributed by atoms with E-state index in [1.54, 1.807) is 0 Å². The van der Waals surface area contributed by atoms with Gasteiger partial charge in [-0.15, -0.1) is 0 Å². The first-order valence-corrected chi connectivity index (χ1v) is 4.73. The van der Waals surface area contributed by atoms with E-state index >= 15 is 0 Å². The molecule has 0 spiro atoms. The Kier molecular flexibility index (Phi) is 2.48. The van der Waals surface area contributed by atoms with E-state index in [1.165, 1.54) is 10.8 Å². The summed E-state index contributed by atoms with van der Waals surface area (Å²) in [5.41, 5.74) is 7.09. The Bertz CT molecular complexity index is 432. The van der Waals surface area contributed by atoms with Crippen LogP contribution in [0.15, 0.2) is 42.5 Å². The quantitative estimate of drug-likeness (QED) is 0.704. The van der Waals surface area contributed by atoms with Gasteiger partial charge in [-0.05, 0) is 23.4 Å². The lowest BCUT2D eigenvalue weighted by Gasteiger charge is -2.13. The Morgan fingerprint density at radius 2 is 1.79 bits per heavy atom. The summed E-state index contributed by atoms with van der Waals surface area (Å²) in [7, 11) is 1.87. The van der Waals surface area contributed by atoms with Gasteiger partial charge in [0.1, 0.15) is 0 Å². The molecule has 0 aliphatic rings. The van der Waals surface area contributed by atoms with Crippen LogP contribution in [0.2, 0.25) is 0 Å². The van der Waals surface area contributed by atoms with Crippen molar-refractivity contribution in [2.24, 2.45) is 5.73 Å². The maximum Gasteiger partial charge on any atom is 0.0813 e. The highest BCUT2D eigenvalue weighted by atomic mass is 15.0. The molecule has 1 atom stereocenters. The molecular formula is C12H14N2. The summed E-state index contributed by atoms with van der Waals surface area (Å²) >= 11 is 0. The first-order valence-electron chi connectivity index (χ1n) is 4.73. The highest BCUT2D eigenvalue weighted by Gasteiger charge is 2.05. The molecule has 0 fully saturated rings. The van der Waals surface area contributed by atoms with Crippen LogP contribution in [0.4, 0.5) is 0 Å². The molecule has 0 aliphatic carbocycles. The highest BCUT2D eigenvalue weighted by Crippen LogP contribution is 2.21. The molecule has 0 saturated carbocycles. The van der Waals surface area contributed by atoms with Crippen LogP contribution in [0.3, 0.4) is 0 Å². The fraction of sp³-hybridized carbons (Fsp3) is 0.167. The molecule has 2 aromatic carbocycles. The van der Waals surface area contributed by atoms with Gasteiger partial charge in [-0.3, -0.25) is 0 Å². The third-order valence-corrected chi connectivity index (χ3v) is 2.47. The predicted octanol–water partition coefficient (Wildman–Crippen LogP) is 2.02. The molecule has 0 radical (unpaired) electrons. The van der Waals surface area contributed by atoms with Crippen molar-refractivity contribution in [3.8, 4) is 0 Å². The smallest absolute Gasteiger partial charge is 0.0813 e. The SMILES string of the molecule is CNC(N)c1cccc2ccccc12. The monoisotopic (exact) mass is 186 g/mol. The molecule has 0 saturated heterocycles. The second-order valence-electron chi connectivity index (χ2n) is 3.33. The number of rotatable bonds is 2. The van der Waals surface area contributed by atoms with Crippen LogP contribution in [0, 0.1) is 0 Å². The minimum atomic E-state index is -0.0962. The number of hydrogen-bond donors (Lipinski definition) is 2. The molecule has 72 valence electrons. The Morgan fingerprint density at radius 3 is 2.57 bits per heavy atom. The summed E-state index contributed by atoms with van der Waals surface area (Å²) in [6, 6.07) is 14.5. The van der Waals surface area contributed by atoms with E-state index < -0.39 is 0 Å². The Balaban J connectivity index is 2.65. The lowest BCUT2D eigenvalue weighted by molar-refractivity contribution is 0.627. The van der Waals surface area contributed by atoms with Crippen molar-refractivity contribution in [2.75, 3.05) is 7.05 Å². The van der Waals surface area contributed by atoms with Gasteiger partial charge >= 0.3 is 0 Å². The summed E-state index contributed by atoms with van der Waals surface area (Å²) in [5.74, 6) is 0. The third kappa shape index (κ3) is 1.50. The minimum Gasteiger partial charge on any atom is -0.312 e. The van der Waals surface area contributed by atoms with Gasteiger partial charge in [0.05, 0.1) is 6.17 Å². The number of nitrogens with two attached hydrogens (primary N) is 1. The number of hydrogen-bond acceptors (Lipinski definition) is 2. The summed E-state index contributed by atoms with van der Waals surface area (Å²) in [6.45, 7) is 0. The largest absolute Gasteiger partial charge is 0.312 e. The van der Waals surface area contributed by atoms with Crippen LogP contribution in [-0.2, 0) is 0 Å². The fourth-order valence-corrected chi connectivity index (χ4v) is 1.68. The van der Waals surface area contributed by atoms with Crippen molar-refractivity contribution in [1.82, 2.24) is 5.32 Å². The van der Waals surface area contributed by atoms with Crippen molar-refractivity contribution < 1.29 is 0 Å². The Labute approximate surface area is 83.7 Å². The summed E-state index contributed by atoms with van der Waals surface area (Å²) < 4.78 is 0. The van der Waals surface area contributed by atoms with E-state index in [-0.39, 0.29) is 6.17 Å². The first kappa shape index (κ1) is 9.19. The lowest BCUT2D eigenvalue weighted by Crippen LogP contribution is -2.24. The van der Waals surface area contributed by atoms with Crippen LogP contribution in [0.5, 0.6) is 0 Å². The number of benzene rings is 2. The van der Waals surface area contributed by atoms with Gasteiger partial charge in [0.25, 0.3) is 0 Å². The van der Waals surface area contributed by atoms with E-state index in [1.807, 2.05) is 25.2 Å². The predicted molar refractivity (Wildman–Crippen MR) is 59.9 cm³/mol. The molecule has 2 heteroatoms. The van der Waals surface area contributed by atoms with Gasteiger partial charge in [-0.25, -0.2) is 0 Å². The van der Waals surface area contributed by atoms with E-state index in [2.05, 4.69) is 29.6 Å². The van der Waals surface area contributed by atoms with Crippen molar-refractivity contribution in [2.45, 2.75) is 6.17 Å². The van der Waals surface area contributed by atoms with Crippen LogP contribution in [0.25, 0.3) is 10.8 Å². The average Bonchev–Trinajstić information content (AvgIpc) is 2.27. The molecule has 3 N–H and O–H groups in total. The zero-order chi connectivity index (χ0) is 9.97. The molecule has 1 unspecified atom stereocenters. The summed E-state index contributed by atoms with van der Waals surface area (Å²) in [5, 5.41) is 5.50. The standard InChI is InChI=1S/C12H14N2/c1-14-12(13)11-8-4-6-9-5-2-3-7-10(9)11/h2-8,12,14H,13H2,1H3. The van der Waals surface area contributed by atoms with Crippen molar-refractivity contribution in [3.63, 3.8) is 0 Å². The number of nitrogens with one attached hydrogen (secondary N) is 1. The second-order valence-corrected chi connectivity index (χ2v) is 3.33. The van der Waals surface area contributed by atoms with Gasteiger partial charge in [-0.1, -0.05) is 42.5 Å². The van der Waals surface area contributed by atoms with Crippen LogP contribution in [-0.4, -0.2) is 7.05 Å². The number of fused-ring (bicyclic) bond motifs is 1. The van der Waals surface area contributed by atoms with Crippen LogP contribution in [0.1, 0.15) is 11.7 Å². The molecule has 0 heterocycles. The van der Waals surface area contributed by atoms with Crippen LogP contribution < -0.4 is 11.1 Å². The van der Waals surface area contributed by atoms with Gasteiger partial charge in [-0.2, -0.15) is 0 Å². The zero-order valence-electron chi connectivity index (χ0n) is 8.20. The summed E-state index contributed by atoms with van der Waals surface area (Å²) in [4.78, 5) is 0. The lowest BCUT2D eigenvalue weighted by atomic mass is 10.0. The van der Waals surface area contributed by atoms with Crippen LogP contribution >= 0.6 is 0 Å². The zero-order valence-corrected chi connectivity index (χ0v) is 8.20. The molecule has 0 aromatic heterocycles.